The van der Waals surface area contributed by atoms with Crippen molar-refractivity contribution in [3.8, 4) is 0 Å². The van der Waals surface area contributed by atoms with E-state index in [2.05, 4.69) is 36.6 Å². The first-order chi connectivity index (χ1) is 9.88. The molecule has 2 aromatic heterocycles. The number of thiophene rings is 1. The lowest BCUT2D eigenvalue weighted by Crippen LogP contribution is -2.29. The minimum absolute atomic E-state index is 0.775. The summed E-state index contributed by atoms with van der Waals surface area (Å²) < 4.78 is 0. The maximum absolute atomic E-state index is 4.37. The number of hydrogen-bond donors (Lipinski definition) is 0. The van der Waals surface area contributed by atoms with E-state index in [-0.39, 0.29) is 0 Å². The summed E-state index contributed by atoms with van der Waals surface area (Å²) in [4.78, 5) is 13.7. The van der Waals surface area contributed by atoms with Gasteiger partial charge in [0.1, 0.15) is 0 Å². The molecule has 104 valence electrons. The molecule has 0 radical (unpaired) electrons. The van der Waals surface area contributed by atoms with Crippen molar-refractivity contribution in [3.05, 3.63) is 40.8 Å². The van der Waals surface area contributed by atoms with Crippen molar-refractivity contribution < 1.29 is 0 Å². The Morgan fingerprint density at radius 2 is 1.85 bits per heavy atom. The lowest BCUT2D eigenvalue weighted by atomic mass is 10.0. The summed E-state index contributed by atoms with van der Waals surface area (Å²) in [5.74, 6) is 2.45. The summed E-state index contributed by atoms with van der Waals surface area (Å²) in [6.45, 7) is 5.75. The second-order valence-corrected chi connectivity index (χ2v) is 6.58. The van der Waals surface area contributed by atoms with Crippen molar-refractivity contribution in [3.63, 3.8) is 0 Å². The average molecular weight is 286 g/mol. The molecule has 2 aromatic rings. The standard InChI is InChI=1S/C15H18N4S/c1-3-16-15(17-4-1)19-9-13-7-18(8-14(13)10-19)6-12-2-5-20-11-12/h1-5,11,13-14H,6-10H2. The number of nitrogens with zero attached hydrogens (tertiary/aromatic N) is 4. The SMILES string of the molecule is c1cnc(N2CC3CN(Cc4ccsc4)CC3C2)nc1. The highest BCUT2D eigenvalue weighted by Gasteiger charge is 2.40. The van der Waals surface area contributed by atoms with Gasteiger partial charge in [-0.25, -0.2) is 9.97 Å². The van der Waals surface area contributed by atoms with Gasteiger partial charge in [-0.2, -0.15) is 11.3 Å². The molecule has 2 fully saturated rings. The first kappa shape index (κ1) is 12.3. The van der Waals surface area contributed by atoms with Gasteiger partial charge in [-0.05, 0) is 40.3 Å². The smallest absolute Gasteiger partial charge is 0.225 e. The maximum atomic E-state index is 4.37. The summed E-state index contributed by atoms with van der Waals surface area (Å²) in [6, 6.07) is 4.12. The molecule has 0 bridgehead atoms. The van der Waals surface area contributed by atoms with Crippen LogP contribution in [0.3, 0.4) is 0 Å². The van der Waals surface area contributed by atoms with Crippen LogP contribution < -0.4 is 4.90 Å². The average Bonchev–Trinajstić information content (AvgIpc) is 3.16. The van der Waals surface area contributed by atoms with Gasteiger partial charge in [0.05, 0.1) is 0 Å². The molecule has 0 aliphatic carbocycles. The fourth-order valence-electron chi connectivity index (χ4n) is 3.48. The van der Waals surface area contributed by atoms with Crippen LogP contribution in [0.1, 0.15) is 5.56 Å². The zero-order valence-corrected chi connectivity index (χ0v) is 12.2. The molecule has 0 spiro atoms. The first-order valence-corrected chi connectivity index (χ1v) is 8.08. The molecule has 2 aliphatic heterocycles. The van der Waals surface area contributed by atoms with Crippen LogP contribution in [0.2, 0.25) is 0 Å². The van der Waals surface area contributed by atoms with Gasteiger partial charge < -0.3 is 4.90 Å². The fourth-order valence-corrected chi connectivity index (χ4v) is 4.14. The largest absolute Gasteiger partial charge is 0.340 e. The summed E-state index contributed by atoms with van der Waals surface area (Å²) in [7, 11) is 0. The lowest BCUT2D eigenvalue weighted by Gasteiger charge is -2.21. The van der Waals surface area contributed by atoms with E-state index < -0.39 is 0 Å². The monoisotopic (exact) mass is 286 g/mol. The van der Waals surface area contributed by atoms with E-state index in [4.69, 9.17) is 0 Å². The minimum atomic E-state index is 0.775. The van der Waals surface area contributed by atoms with E-state index in [1.165, 1.54) is 18.7 Å². The highest BCUT2D eigenvalue weighted by molar-refractivity contribution is 7.07. The van der Waals surface area contributed by atoms with E-state index >= 15 is 0 Å². The number of hydrogen-bond acceptors (Lipinski definition) is 5. The molecular weight excluding hydrogens is 268 g/mol. The van der Waals surface area contributed by atoms with Gasteiger partial charge in [0.25, 0.3) is 0 Å². The first-order valence-electron chi connectivity index (χ1n) is 7.14. The Bertz CT molecular complexity index is 543. The number of likely N-dealkylation sites (tertiary alicyclic amines) is 1. The molecule has 20 heavy (non-hydrogen) atoms. The molecule has 4 nitrogen and oxygen atoms in total. The molecule has 0 aromatic carbocycles. The molecule has 5 heteroatoms. The van der Waals surface area contributed by atoms with Crippen LogP contribution in [-0.4, -0.2) is 41.0 Å². The van der Waals surface area contributed by atoms with Crippen LogP contribution in [-0.2, 0) is 6.54 Å². The van der Waals surface area contributed by atoms with E-state index in [1.54, 1.807) is 11.3 Å². The summed E-state index contributed by atoms with van der Waals surface area (Å²) in [5.41, 5.74) is 1.46. The van der Waals surface area contributed by atoms with Crippen LogP contribution in [0.15, 0.2) is 35.3 Å². The Hall–Kier alpha value is -1.46. The van der Waals surface area contributed by atoms with Crippen molar-refractivity contribution in [1.29, 1.82) is 0 Å². The minimum Gasteiger partial charge on any atom is -0.340 e. The predicted octanol–water partition coefficient (Wildman–Crippen LogP) is 2.11. The Morgan fingerprint density at radius 3 is 2.50 bits per heavy atom. The van der Waals surface area contributed by atoms with Crippen molar-refractivity contribution in [2.75, 3.05) is 31.1 Å². The zero-order valence-electron chi connectivity index (χ0n) is 11.4. The van der Waals surface area contributed by atoms with Crippen LogP contribution in [0.25, 0.3) is 0 Å². The van der Waals surface area contributed by atoms with E-state index in [0.717, 1.165) is 37.4 Å². The van der Waals surface area contributed by atoms with Crippen LogP contribution in [0.4, 0.5) is 5.95 Å². The topological polar surface area (TPSA) is 32.3 Å². The summed E-state index contributed by atoms with van der Waals surface area (Å²) in [6.07, 6.45) is 3.67. The number of rotatable bonds is 3. The van der Waals surface area contributed by atoms with Crippen molar-refractivity contribution >= 4 is 17.3 Å². The molecule has 2 saturated heterocycles. The quantitative estimate of drug-likeness (QED) is 0.865. The van der Waals surface area contributed by atoms with E-state index in [1.807, 2.05) is 18.5 Å². The Balaban J connectivity index is 1.38. The number of anilines is 1. The normalized spacial score (nSPS) is 26.1. The summed E-state index contributed by atoms with van der Waals surface area (Å²) >= 11 is 1.79. The van der Waals surface area contributed by atoms with Gasteiger partial charge in [-0.15, -0.1) is 0 Å². The molecule has 2 unspecified atom stereocenters. The second kappa shape index (κ2) is 5.14. The van der Waals surface area contributed by atoms with Gasteiger partial charge in [0, 0.05) is 45.1 Å². The van der Waals surface area contributed by atoms with Crippen molar-refractivity contribution in [2.24, 2.45) is 11.8 Å². The van der Waals surface area contributed by atoms with E-state index in [0.29, 0.717) is 0 Å². The van der Waals surface area contributed by atoms with Crippen molar-refractivity contribution in [2.45, 2.75) is 6.54 Å². The summed E-state index contributed by atoms with van der Waals surface area (Å²) in [5, 5.41) is 4.43. The van der Waals surface area contributed by atoms with E-state index in [9.17, 15) is 0 Å². The zero-order chi connectivity index (χ0) is 13.4. The van der Waals surface area contributed by atoms with Gasteiger partial charge in [0.15, 0.2) is 0 Å². The Morgan fingerprint density at radius 1 is 1.10 bits per heavy atom. The van der Waals surface area contributed by atoms with Gasteiger partial charge >= 0.3 is 0 Å². The predicted molar refractivity (Wildman–Crippen MR) is 80.8 cm³/mol. The number of aromatic nitrogens is 2. The van der Waals surface area contributed by atoms with Crippen LogP contribution >= 0.6 is 11.3 Å². The molecule has 2 aliphatic rings. The third kappa shape index (κ3) is 2.31. The molecule has 0 N–H and O–H groups in total. The van der Waals surface area contributed by atoms with Gasteiger partial charge in [0.2, 0.25) is 5.95 Å². The molecule has 4 rings (SSSR count). The third-order valence-corrected chi connectivity index (χ3v) is 5.12. The van der Waals surface area contributed by atoms with Crippen LogP contribution in [0.5, 0.6) is 0 Å². The maximum Gasteiger partial charge on any atom is 0.225 e. The molecule has 0 saturated carbocycles. The fraction of sp³-hybridized carbons (Fsp3) is 0.467. The number of fused-ring (bicyclic) bond motifs is 1. The Kier molecular flexibility index (Phi) is 3.16. The third-order valence-electron chi connectivity index (χ3n) is 4.38. The van der Waals surface area contributed by atoms with Crippen molar-refractivity contribution in [1.82, 2.24) is 14.9 Å². The molecule has 4 heterocycles. The Labute approximate surface area is 123 Å². The highest BCUT2D eigenvalue weighted by atomic mass is 32.1. The van der Waals surface area contributed by atoms with Gasteiger partial charge in [-0.3, -0.25) is 4.90 Å². The molecule has 2 atom stereocenters. The molecular formula is C15H18N4S. The second-order valence-electron chi connectivity index (χ2n) is 5.80. The lowest BCUT2D eigenvalue weighted by molar-refractivity contribution is 0.309. The van der Waals surface area contributed by atoms with Crippen LogP contribution in [0, 0.1) is 11.8 Å². The molecule has 0 amide bonds. The van der Waals surface area contributed by atoms with Gasteiger partial charge in [-0.1, -0.05) is 0 Å². The highest BCUT2D eigenvalue weighted by Crippen LogP contribution is 2.33.